The van der Waals surface area contributed by atoms with E-state index in [2.05, 4.69) is 32.2 Å². The number of nitrogens with two attached hydrogens (primary N) is 1. The van der Waals surface area contributed by atoms with Crippen LogP contribution in [0.1, 0.15) is 46.5 Å². The Morgan fingerprint density at radius 2 is 2.09 bits per heavy atom. The lowest BCUT2D eigenvalue weighted by Gasteiger charge is -2.31. The van der Waals surface area contributed by atoms with Gasteiger partial charge in [0.1, 0.15) is 6.29 Å². The topological polar surface area (TPSA) is 92.4 Å². The molecule has 1 aliphatic carbocycles. The molecule has 1 fully saturated rings. The predicted molar refractivity (Wildman–Crippen MR) is 87.5 cm³/mol. The lowest BCUT2D eigenvalue weighted by Crippen LogP contribution is -2.40. The summed E-state index contributed by atoms with van der Waals surface area (Å²) >= 11 is 0. The molecule has 0 saturated heterocycles. The number of nitrogens with one attached hydrogen (secondary N) is 1. The number of carbonyl (C=O) groups excluding carboxylic acids is 1. The van der Waals surface area contributed by atoms with Crippen LogP contribution in [0.2, 0.25) is 0 Å². The normalized spacial score (nSPS) is 25.3. The summed E-state index contributed by atoms with van der Waals surface area (Å²) in [6.07, 6.45) is 8.33. The van der Waals surface area contributed by atoms with Crippen LogP contribution < -0.4 is 11.1 Å². The maximum atomic E-state index is 10.8. The van der Waals surface area contributed by atoms with E-state index in [1.54, 1.807) is 0 Å². The molecule has 4 N–H and O–H groups in total. The van der Waals surface area contributed by atoms with Gasteiger partial charge in [0.15, 0.2) is 0 Å². The number of aldehydes is 1. The summed E-state index contributed by atoms with van der Waals surface area (Å²) in [5.41, 5.74) is 6.33. The first-order valence-corrected chi connectivity index (χ1v) is 8.08. The van der Waals surface area contributed by atoms with Gasteiger partial charge in [-0.1, -0.05) is 39.3 Å². The fourth-order valence-corrected chi connectivity index (χ4v) is 3.29. The number of carboxylic acid groups (broad SMARTS) is 1. The third-order valence-electron chi connectivity index (χ3n) is 4.46. The number of carbonyl (C=O) groups is 2. The Bertz CT molecular complexity index is 401. The van der Waals surface area contributed by atoms with Crippen molar-refractivity contribution in [3.05, 3.63) is 12.2 Å². The van der Waals surface area contributed by atoms with E-state index in [9.17, 15) is 9.59 Å². The van der Waals surface area contributed by atoms with Crippen LogP contribution in [0.4, 0.5) is 0 Å². The van der Waals surface area contributed by atoms with E-state index in [4.69, 9.17) is 10.8 Å². The summed E-state index contributed by atoms with van der Waals surface area (Å²) < 4.78 is 0. The van der Waals surface area contributed by atoms with Crippen LogP contribution in [0.3, 0.4) is 0 Å². The summed E-state index contributed by atoms with van der Waals surface area (Å²) in [5.74, 6) is 0.248. The van der Waals surface area contributed by atoms with Crippen molar-refractivity contribution in [2.24, 2.45) is 23.0 Å². The van der Waals surface area contributed by atoms with Crippen LogP contribution in [0.15, 0.2) is 12.2 Å². The number of allylic oxidation sites excluding steroid dienone is 1. The summed E-state index contributed by atoms with van der Waals surface area (Å²) in [4.78, 5) is 21.4. The summed E-state index contributed by atoms with van der Waals surface area (Å²) in [6, 6.07) is -0.886. The molecule has 22 heavy (non-hydrogen) atoms. The maximum Gasteiger partial charge on any atom is 0.305 e. The van der Waals surface area contributed by atoms with Crippen molar-refractivity contribution in [3.8, 4) is 0 Å². The monoisotopic (exact) mass is 310 g/mol. The van der Waals surface area contributed by atoms with Gasteiger partial charge in [-0.3, -0.25) is 4.79 Å². The highest BCUT2D eigenvalue weighted by Crippen LogP contribution is 2.43. The Hall–Kier alpha value is -1.20. The molecule has 3 unspecified atom stereocenters. The van der Waals surface area contributed by atoms with E-state index in [-0.39, 0.29) is 12.5 Å². The second kappa shape index (κ2) is 8.44. The molecule has 126 valence electrons. The molecule has 0 amide bonds. The van der Waals surface area contributed by atoms with Gasteiger partial charge >= 0.3 is 5.97 Å². The number of hydrogen-bond acceptors (Lipinski definition) is 4. The van der Waals surface area contributed by atoms with E-state index >= 15 is 0 Å². The van der Waals surface area contributed by atoms with Crippen molar-refractivity contribution in [3.63, 3.8) is 0 Å². The van der Waals surface area contributed by atoms with Crippen molar-refractivity contribution in [2.45, 2.75) is 58.5 Å². The number of carboxylic acids is 1. The van der Waals surface area contributed by atoms with E-state index in [1.807, 2.05) is 6.08 Å². The van der Waals surface area contributed by atoms with Gasteiger partial charge in [0.05, 0.1) is 12.5 Å². The van der Waals surface area contributed by atoms with Gasteiger partial charge in [-0.15, -0.1) is 0 Å². The fraction of sp³-hybridized carbons (Fsp3) is 0.765. The molecule has 4 atom stereocenters. The zero-order chi connectivity index (χ0) is 16.8. The minimum Gasteiger partial charge on any atom is -0.481 e. The van der Waals surface area contributed by atoms with Gasteiger partial charge in [-0.25, -0.2) is 0 Å². The van der Waals surface area contributed by atoms with Crippen molar-refractivity contribution in [2.75, 3.05) is 6.54 Å². The van der Waals surface area contributed by atoms with Crippen molar-refractivity contribution < 1.29 is 14.7 Å². The van der Waals surface area contributed by atoms with Gasteiger partial charge in [0.25, 0.3) is 0 Å². The molecule has 0 heterocycles. The highest BCUT2D eigenvalue weighted by molar-refractivity contribution is 5.73. The lowest BCUT2D eigenvalue weighted by molar-refractivity contribution is -0.138. The van der Waals surface area contributed by atoms with Gasteiger partial charge in [-0.05, 0) is 30.1 Å². The van der Waals surface area contributed by atoms with Crippen LogP contribution >= 0.6 is 0 Å². The molecule has 0 aromatic carbocycles. The van der Waals surface area contributed by atoms with Gasteiger partial charge < -0.3 is 21.0 Å². The molecule has 0 aliphatic heterocycles. The third-order valence-corrected chi connectivity index (χ3v) is 4.46. The van der Waals surface area contributed by atoms with Crippen LogP contribution in [0, 0.1) is 17.3 Å². The first-order valence-electron chi connectivity index (χ1n) is 8.08. The maximum absolute atomic E-state index is 10.8. The first kappa shape index (κ1) is 18.8. The third kappa shape index (κ3) is 6.28. The molecule has 0 bridgehead atoms. The SMILES string of the molecule is CC(C)(C)C1CCCC1C=CC(N)CN[C@@H](C=O)CC(=O)O. The van der Waals surface area contributed by atoms with Gasteiger partial charge in [0.2, 0.25) is 0 Å². The summed E-state index contributed by atoms with van der Waals surface area (Å²) in [6.45, 7) is 7.25. The Balaban J connectivity index is 2.45. The molecule has 1 saturated carbocycles. The second-order valence-corrected chi connectivity index (χ2v) is 7.36. The quantitative estimate of drug-likeness (QED) is 0.471. The predicted octanol–water partition coefficient (Wildman–Crippen LogP) is 1.96. The standard InChI is InChI=1S/C17H30N2O3/c1-17(2,3)15-6-4-5-12(15)7-8-13(18)10-19-14(11-20)9-16(21)22/h7-8,11-15,19H,4-6,9-10,18H2,1-3H3,(H,21,22)/t12?,13?,14-,15?/m1/s1. The molecule has 0 aromatic heterocycles. The number of aliphatic carboxylic acids is 1. The number of hydrogen-bond donors (Lipinski definition) is 3. The largest absolute Gasteiger partial charge is 0.481 e. The molecular weight excluding hydrogens is 280 g/mol. The fourth-order valence-electron chi connectivity index (χ4n) is 3.29. The van der Waals surface area contributed by atoms with E-state index < -0.39 is 12.0 Å². The van der Waals surface area contributed by atoms with E-state index in [0.29, 0.717) is 30.1 Å². The summed E-state index contributed by atoms with van der Waals surface area (Å²) in [7, 11) is 0. The average molecular weight is 310 g/mol. The zero-order valence-corrected chi connectivity index (χ0v) is 13.9. The van der Waals surface area contributed by atoms with Gasteiger partial charge in [0, 0.05) is 12.6 Å². The molecule has 1 rings (SSSR count). The van der Waals surface area contributed by atoms with Crippen molar-refractivity contribution in [1.82, 2.24) is 5.32 Å². The minimum absolute atomic E-state index is 0.211. The molecule has 0 spiro atoms. The van der Waals surface area contributed by atoms with Crippen molar-refractivity contribution >= 4 is 12.3 Å². The second-order valence-electron chi connectivity index (χ2n) is 7.36. The molecular formula is C17H30N2O3. The van der Waals surface area contributed by atoms with Crippen LogP contribution in [-0.4, -0.2) is 36.0 Å². The lowest BCUT2D eigenvalue weighted by atomic mass is 9.74. The van der Waals surface area contributed by atoms with E-state index in [1.165, 1.54) is 19.3 Å². The van der Waals surface area contributed by atoms with Crippen molar-refractivity contribution in [1.29, 1.82) is 0 Å². The Morgan fingerprint density at radius 3 is 2.64 bits per heavy atom. The minimum atomic E-state index is -0.993. The highest BCUT2D eigenvalue weighted by atomic mass is 16.4. The van der Waals surface area contributed by atoms with Gasteiger partial charge in [-0.2, -0.15) is 0 Å². The van der Waals surface area contributed by atoms with Crippen LogP contribution in [0.5, 0.6) is 0 Å². The molecule has 5 heteroatoms. The Kier molecular flexibility index (Phi) is 7.23. The van der Waals surface area contributed by atoms with Crippen LogP contribution in [-0.2, 0) is 9.59 Å². The van der Waals surface area contributed by atoms with E-state index in [0.717, 1.165) is 0 Å². The first-order chi connectivity index (χ1) is 10.2. The molecule has 0 radical (unpaired) electrons. The molecule has 1 aliphatic rings. The number of rotatable bonds is 8. The highest BCUT2D eigenvalue weighted by Gasteiger charge is 2.34. The smallest absolute Gasteiger partial charge is 0.305 e. The Labute approximate surface area is 133 Å². The Morgan fingerprint density at radius 1 is 1.41 bits per heavy atom. The molecule has 5 nitrogen and oxygen atoms in total. The average Bonchev–Trinajstić information content (AvgIpc) is 2.89. The van der Waals surface area contributed by atoms with Crippen LogP contribution in [0.25, 0.3) is 0 Å². The zero-order valence-electron chi connectivity index (χ0n) is 13.9. The molecule has 0 aromatic rings. The summed E-state index contributed by atoms with van der Waals surface area (Å²) in [5, 5.41) is 11.6.